The van der Waals surface area contributed by atoms with Crippen molar-refractivity contribution in [2.45, 2.75) is 65.2 Å². The zero-order valence-corrected chi connectivity index (χ0v) is 15.1. The molecule has 2 heteroatoms. The summed E-state index contributed by atoms with van der Waals surface area (Å²) in [7, 11) is 0. The predicted octanol–water partition coefficient (Wildman–Crippen LogP) is 5.17. The number of benzene rings is 1. The van der Waals surface area contributed by atoms with E-state index in [9.17, 15) is 9.90 Å². The smallest absolute Gasteiger partial charge is 0.306 e. The van der Waals surface area contributed by atoms with Gasteiger partial charge < -0.3 is 5.11 Å². The highest BCUT2D eigenvalue weighted by atomic mass is 16.4. The molecule has 0 amide bonds. The second-order valence-corrected chi connectivity index (χ2v) is 8.49. The van der Waals surface area contributed by atoms with Gasteiger partial charge in [-0.3, -0.25) is 4.79 Å². The predicted molar refractivity (Wildman–Crippen MR) is 96.3 cm³/mol. The molecule has 3 aliphatic rings. The number of hydrogen-bond acceptors (Lipinski definition) is 1. The van der Waals surface area contributed by atoms with Gasteiger partial charge in [0.25, 0.3) is 0 Å². The zero-order valence-electron chi connectivity index (χ0n) is 15.1. The third kappa shape index (κ3) is 2.18. The first-order valence-electron chi connectivity index (χ1n) is 9.43. The van der Waals surface area contributed by atoms with Crippen LogP contribution in [0.2, 0.25) is 0 Å². The minimum absolute atomic E-state index is 0.165. The fourth-order valence-electron chi connectivity index (χ4n) is 5.80. The summed E-state index contributed by atoms with van der Waals surface area (Å²) in [4.78, 5) is 11.4. The molecule has 0 aliphatic heterocycles. The summed E-state index contributed by atoms with van der Waals surface area (Å²) < 4.78 is 0. The van der Waals surface area contributed by atoms with E-state index < -0.39 is 5.97 Å². The van der Waals surface area contributed by atoms with Crippen molar-refractivity contribution in [3.63, 3.8) is 0 Å². The molecule has 24 heavy (non-hydrogen) atoms. The average Bonchev–Trinajstić information content (AvgIpc) is 2.56. The molecule has 0 heterocycles. The summed E-state index contributed by atoms with van der Waals surface area (Å²) >= 11 is 0. The number of allylic oxidation sites excluding steroid dienone is 2. The van der Waals surface area contributed by atoms with Gasteiger partial charge in [0.15, 0.2) is 0 Å². The van der Waals surface area contributed by atoms with Gasteiger partial charge in [-0.15, -0.1) is 0 Å². The molecule has 0 aromatic heterocycles. The van der Waals surface area contributed by atoms with Gasteiger partial charge in [0, 0.05) is 0 Å². The molecule has 1 fully saturated rings. The molecule has 1 N–H and O–H groups in total. The van der Waals surface area contributed by atoms with E-state index in [0.717, 1.165) is 25.7 Å². The molecule has 0 saturated heterocycles. The number of carboxylic acids is 1. The lowest BCUT2D eigenvalue weighted by Gasteiger charge is -2.52. The van der Waals surface area contributed by atoms with Crippen LogP contribution in [0.5, 0.6) is 0 Å². The largest absolute Gasteiger partial charge is 0.481 e. The highest BCUT2D eigenvalue weighted by molar-refractivity contribution is 5.70. The molecule has 4 atom stereocenters. The second-order valence-electron chi connectivity index (χ2n) is 8.49. The Labute approximate surface area is 145 Å². The summed E-state index contributed by atoms with van der Waals surface area (Å²) in [5.74, 6) is 0.534. The maximum atomic E-state index is 11.4. The van der Waals surface area contributed by atoms with Gasteiger partial charge in [-0.05, 0) is 91.9 Å². The fourth-order valence-corrected chi connectivity index (χ4v) is 5.80. The summed E-state index contributed by atoms with van der Waals surface area (Å²) in [6.45, 7) is 6.91. The number of aliphatic carboxylic acids is 1. The van der Waals surface area contributed by atoms with E-state index in [0.29, 0.717) is 11.8 Å². The third-order valence-electron chi connectivity index (χ3n) is 7.49. The standard InChI is InChI=1S/C22H28O2/c1-13-4-6-18-17(14(13)2)8-9-20-19(18)7-5-16-12-15(21(23)24)10-11-22(16,20)3/h4-6,15,19-20H,7-12H2,1-3H3,(H,23,24)/t15-,19-,20+,22-/m0/s1. The molecule has 128 valence electrons. The lowest BCUT2D eigenvalue weighted by Crippen LogP contribution is -2.43. The normalized spacial score (nSPS) is 34.6. The van der Waals surface area contributed by atoms with Crippen molar-refractivity contribution < 1.29 is 9.90 Å². The van der Waals surface area contributed by atoms with Crippen molar-refractivity contribution in [2.75, 3.05) is 0 Å². The Bertz CT molecular complexity index is 730. The van der Waals surface area contributed by atoms with Crippen LogP contribution in [-0.4, -0.2) is 11.1 Å². The first kappa shape index (κ1) is 15.9. The van der Waals surface area contributed by atoms with Crippen LogP contribution >= 0.6 is 0 Å². The molecular formula is C22H28O2. The van der Waals surface area contributed by atoms with Crippen LogP contribution in [0.25, 0.3) is 0 Å². The van der Waals surface area contributed by atoms with Crippen LogP contribution < -0.4 is 0 Å². The van der Waals surface area contributed by atoms with Gasteiger partial charge in [0.2, 0.25) is 0 Å². The SMILES string of the molecule is Cc1ccc2c(c1C)CC[C@@H]1[C@H]2CC=C2C[C@@H](C(=O)O)CC[C@@]21C. The quantitative estimate of drug-likeness (QED) is 0.724. The maximum absolute atomic E-state index is 11.4. The van der Waals surface area contributed by atoms with Crippen molar-refractivity contribution in [2.24, 2.45) is 17.3 Å². The molecule has 0 radical (unpaired) electrons. The highest BCUT2D eigenvalue weighted by Gasteiger charge is 2.49. The molecule has 0 spiro atoms. The van der Waals surface area contributed by atoms with Crippen LogP contribution in [0, 0.1) is 31.1 Å². The minimum Gasteiger partial charge on any atom is -0.481 e. The average molecular weight is 324 g/mol. The Morgan fingerprint density at radius 1 is 1.25 bits per heavy atom. The monoisotopic (exact) mass is 324 g/mol. The van der Waals surface area contributed by atoms with Crippen LogP contribution in [0.4, 0.5) is 0 Å². The summed E-state index contributed by atoms with van der Waals surface area (Å²) in [6, 6.07) is 4.67. The van der Waals surface area contributed by atoms with Crippen molar-refractivity contribution in [3.05, 3.63) is 46.0 Å². The Kier molecular flexibility index (Phi) is 3.63. The van der Waals surface area contributed by atoms with Gasteiger partial charge in [0.1, 0.15) is 0 Å². The van der Waals surface area contributed by atoms with Crippen LogP contribution in [0.3, 0.4) is 0 Å². The minimum atomic E-state index is -0.611. The summed E-state index contributed by atoms with van der Waals surface area (Å²) in [6.07, 6.45) is 8.60. The molecule has 3 aliphatic carbocycles. The number of carbonyl (C=O) groups is 1. The van der Waals surface area contributed by atoms with Crippen molar-refractivity contribution in [1.82, 2.24) is 0 Å². The maximum Gasteiger partial charge on any atom is 0.306 e. The molecule has 1 saturated carbocycles. The Hall–Kier alpha value is -1.57. The Morgan fingerprint density at radius 3 is 2.79 bits per heavy atom. The molecule has 0 unspecified atom stereocenters. The van der Waals surface area contributed by atoms with Gasteiger partial charge in [0.05, 0.1) is 5.92 Å². The lowest BCUT2D eigenvalue weighted by atomic mass is 9.52. The number of fused-ring (bicyclic) bond motifs is 5. The summed E-state index contributed by atoms with van der Waals surface area (Å²) in [5.41, 5.74) is 7.72. The topological polar surface area (TPSA) is 37.3 Å². The van der Waals surface area contributed by atoms with E-state index in [1.54, 1.807) is 11.1 Å². The van der Waals surface area contributed by atoms with Gasteiger partial charge >= 0.3 is 5.97 Å². The van der Waals surface area contributed by atoms with Crippen molar-refractivity contribution in [1.29, 1.82) is 0 Å². The lowest BCUT2D eigenvalue weighted by molar-refractivity contribution is -0.143. The molecule has 0 bridgehead atoms. The van der Waals surface area contributed by atoms with Crippen LogP contribution in [0.15, 0.2) is 23.8 Å². The van der Waals surface area contributed by atoms with E-state index >= 15 is 0 Å². The second kappa shape index (κ2) is 5.47. The molecule has 1 aromatic rings. The third-order valence-corrected chi connectivity index (χ3v) is 7.49. The van der Waals surface area contributed by atoms with Gasteiger partial charge in [-0.1, -0.05) is 30.7 Å². The summed E-state index contributed by atoms with van der Waals surface area (Å²) in [5, 5.41) is 9.40. The van der Waals surface area contributed by atoms with E-state index in [-0.39, 0.29) is 11.3 Å². The Balaban J connectivity index is 1.72. The van der Waals surface area contributed by atoms with E-state index in [1.807, 2.05) is 0 Å². The highest BCUT2D eigenvalue weighted by Crippen LogP contribution is 2.59. The number of rotatable bonds is 1. The zero-order chi connectivity index (χ0) is 17.1. The van der Waals surface area contributed by atoms with Crippen LogP contribution in [0.1, 0.15) is 67.2 Å². The van der Waals surface area contributed by atoms with E-state index in [4.69, 9.17) is 0 Å². The number of aryl methyl sites for hydroxylation is 1. The molecule has 4 rings (SSSR count). The number of carboxylic acid groups (broad SMARTS) is 1. The van der Waals surface area contributed by atoms with Gasteiger partial charge in [-0.2, -0.15) is 0 Å². The Morgan fingerprint density at radius 2 is 2.04 bits per heavy atom. The molecular weight excluding hydrogens is 296 g/mol. The fraction of sp³-hybridized carbons (Fsp3) is 0.591. The molecule has 1 aromatic carbocycles. The van der Waals surface area contributed by atoms with Crippen molar-refractivity contribution >= 4 is 5.97 Å². The molecule has 2 nitrogen and oxygen atoms in total. The van der Waals surface area contributed by atoms with Gasteiger partial charge in [-0.25, -0.2) is 0 Å². The van der Waals surface area contributed by atoms with Crippen molar-refractivity contribution in [3.8, 4) is 0 Å². The van der Waals surface area contributed by atoms with Crippen LogP contribution in [-0.2, 0) is 11.2 Å². The van der Waals surface area contributed by atoms with E-state index in [1.165, 1.54) is 29.5 Å². The number of hydrogen-bond donors (Lipinski definition) is 1. The first-order valence-corrected chi connectivity index (χ1v) is 9.43. The first-order chi connectivity index (χ1) is 11.4. The van der Waals surface area contributed by atoms with E-state index in [2.05, 4.69) is 39.0 Å².